The standard InChI is InChI=1S/C13H17NO3.ClH/c1-9(2)13(17-11(15)8-14)12(16)10-6-4-3-5-7-10;/h3-7,9,13H,8,14H2,1-2H3;1H/t13-;/m0./s1. The normalized spacial score (nSPS) is 11.6. The number of halogens is 1. The number of carbonyl (C=O) groups excluding carboxylic acids is 2. The van der Waals surface area contributed by atoms with E-state index in [-0.39, 0.29) is 30.7 Å². The topological polar surface area (TPSA) is 71.0 Å². The van der Waals surface area contributed by atoms with Gasteiger partial charge in [-0.25, -0.2) is 4.79 Å². The third-order valence-electron chi connectivity index (χ3n) is 2.38. The van der Waals surface area contributed by atoms with Gasteiger partial charge in [0.1, 0.15) is 0 Å². The minimum Gasteiger partial charge on any atom is -1.00 e. The van der Waals surface area contributed by atoms with Crippen LogP contribution in [0.25, 0.3) is 0 Å². The summed E-state index contributed by atoms with van der Waals surface area (Å²) in [5, 5.41) is 0. The summed E-state index contributed by atoms with van der Waals surface area (Å²) in [4.78, 5) is 23.4. The van der Waals surface area contributed by atoms with E-state index in [0.29, 0.717) is 5.56 Å². The summed E-state index contributed by atoms with van der Waals surface area (Å²) in [5.41, 5.74) is 4.00. The quantitative estimate of drug-likeness (QED) is 0.483. The molecule has 0 spiro atoms. The first-order valence-electron chi connectivity index (χ1n) is 5.64. The monoisotopic (exact) mass is 271 g/mol. The second-order valence-electron chi connectivity index (χ2n) is 4.13. The number of benzene rings is 1. The summed E-state index contributed by atoms with van der Waals surface area (Å²) in [7, 11) is 0. The highest BCUT2D eigenvalue weighted by Crippen LogP contribution is 2.14. The summed E-state index contributed by atoms with van der Waals surface area (Å²) >= 11 is 0. The average molecular weight is 272 g/mol. The molecule has 0 saturated heterocycles. The molecule has 0 amide bonds. The van der Waals surface area contributed by atoms with Crippen molar-refractivity contribution in [3.63, 3.8) is 0 Å². The lowest BCUT2D eigenvalue weighted by molar-refractivity contribution is -0.360. The molecule has 0 bridgehead atoms. The Morgan fingerprint density at radius 3 is 2.22 bits per heavy atom. The number of carbonyl (C=O) groups is 2. The Bertz CT molecular complexity index is 392. The van der Waals surface area contributed by atoms with Crippen molar-refractivity contribution in [1.29, 1.82) is 0 Å². The van der Waals surface area contributed by atoms with Gasteiger partial charge in [-0.1, -0.05) is 44.2 Å². The SMILES string of the molecule is CC(C)[C@H](OC(=O)C[NH3+])C(=O)c1ccccc1.[Cl-]. The van der Waals surface area contributed by atoms with Gasteiger partial charge in [0.2, 0.25) is 5.78 Å². The summed E-state index contributed by atoms with van der Waals surface area (Å²) < 4.78 is 5.13. The Morgan fingerprint density at radius 1 is 1.22 bits per heavy atom. The lowest BCUT2D eigenvalue weighted by Gasteiger charge is -2.19. The van der Waals surface area contributed by atoms with Crippen LogP contribution >= 0.6 is 0 Å². The van der Waals surface area contributed by atoms with Crippen LogP contribution in [0.4, 0.5) is 0 Å². The zero-order chi connectivity index (χ0) is 12.8. The molecule has 0 heterocycles. The van der Waals surface area contributed by atoms with Gasteiger partial charge in [0, 0.05) is 5.56 Å². The van der Waals surface area contributed by atoms with Crippen molar-refractivity contribution in [3.8, 4) is 0 Å². The summed E-state index contributed by atoms with van der Waals surface area (Å²) in [6.07, 6.45) is -0.730. The highest BCUT2D eigenvalue weighted by atomic mass is 35.5. The minimum absolute atomic E-state index is 0. The molecule has 1 rings (SSSR count). The van der Waals surface area contributed by atoms with E-state index < -0.39 is 12.1 Å². The maximum atomic E-state index is 12.1. The van der Waals surface area contributed by atoms with Crippen LogP contribution in [0.3, 0.4) is 0 Å². The van der Waals surface area contributed by atoms with Crippen molar-refractivity contribution >= 4 is 11.8 Å². The van der Waals surface area contributed by atoms with Crippen LogP contribution in [0.15, 0.2) is 30.3 Å². The van der Waals surface area contributed by atoms with Crippen molar-refractivity contribution in [2.45, 2.75) is 20.0 Å². The number of Topliss-reactive ketones (excluding diaryl/α,β-unsaturated/α-hetero) is 1. The largest absolute Gasteiger partial charge is 1.00 e. The van der Waals surface area contributed by atoms with E-state index in [2.05, 4.69) is 5.73 Å². The molecule has 0 aliphatic rings. The summed E-state index contributed by atoms with van der Waals surface area (Å²) in [5.74, 6) is -0.673. The second kappa shape index (κ2) is 7.84. The van der Waals surface area contributed by atoms with Crippen LogP contribution in [-0.4, -0.2) is 24.4 Å². The number of hydrogen-bond donors (Lipinski definition) is 1. The van der Waals surface area contributed by atoms with Gasteiger partial charge in [0.05, 0.1) is 0 Å². The fourth-order valence-electron chi connectivity index (χ4n) is 1.46. The fourth-order valence-corrected chi connectivity index (χ4v) is 1.46. The van der Waals surface area contributed by atoms with Crippen LogP contribution in [0, 0.1) is 5.92 Å². The molecular formula is C13H18ClNO3. The van der Waals surface area contributed by atoms with Crippen LogP contribution in [-0.2, 0) is 9.53 Å². The smallest absolute Gasteiger partial charge is 0.362 e. The van der Waals surface area contributed by atoms with Crippen molar-refractivity contribution in [3.05, 3.63) is 35.9 Å². The number of ketones is 1. The number of rotatable bonds is 5. The fraction of sp³-hybridized carbons (Fsp3) is 0.385. The van der Waals surface area contributed by atoms with Gasteiger partial charge >= 0.3 is 5.97 Å². The molecule has 0 unspecified atom stereocenters. The van der Waals surface area contributed by atoms with Gasteiger partial charge in [-0.05, 0) is 5.92 Å². The molecule has 100 valence electrons. The molecule has 4 nitrogen and oxygen atoms in total. The van der Waals surface area contributed by atoms with Crippen molar-refractivity contribution in [2.24, 2.45) is 5.92 Å². The molecule has 1 atom stereocenters. The summed E-state index contributed by atoms with van der Waals surface area (Å²) in [6.45, 7) is 3.73. The molecule has 0 fully saturated rings. The van der Waals surface area contributed by atoms with Crippen LogP contribution in [0.5, 0.6) is 0 Å². The predicted molar refractivity (Wildman–Crippen MR) is 63.2 cm³/mol. The van der Waals surface area contributed by atoms with Gasteiger partial charge in [-0.3, -0.25) is 4.79 Å². The highest BCUT2D eigenvalue weighted by Gasteiger charge is 2.27. The maximum Gasteiger partial charge on any atom is 0.362 e. The molecule has 0 aliphatic carbocycles. The van der Waals surface area contributed by atoms with Gasteiger partial charge in [-0.15, -0.1) is 0 Å². The van der Waals surface area contributed by atoms with E-state index in [0.717, 1.165) is 0 Å². The number of ether oxygens (including phenoxy) is 1. The Morgan fingerprint density at radius 2 is 1.78 bits per heavy atom. The Kier molecular flexibility index (Phi) is 7.24. The number of esters is 1. The lowest BCUT2D eigenvalue weighted by Crippen LogP contribution is -3.00. The molecule has 1 aromatic carbocycles. The number of hydrogen-bond acceptors (Lipinski definition) is 3. The van der Waals surface area contributed by atoms with Crippen LogP contribution in [0.1, 0.15) is 24.2 Å². The molecule has 3 N–H and O–H groups in total. The molecule has 1 aromatic rings. The Balaban J connectivity index is 0.00000289. The van der Waals surface area contributed by atoms with Gasteiger partial charge in [-0.2, -0.15) is 0 Å². The maximum absolute atomic E-state index is 12.1. The molecule has 5 heteroatoms. The minimum atomic E-state index is -0.730. The first kappa shape index (κ1) is 16.6. The highest BCUT2D eigenvalue weighted by molar-refractivity contribution is 6.00. The first-order chi connectivity index (χ1) is 8.06. The third kappa shape index (κ3) is 4.47. The van der Waals surface area contributed by atoms with E-state index in [9.17, 15) is 9.59 Å². The molecule has 0 aliphatic heterocycles. The van der Waals surface area contributed by atoms with Crippen molar-refractivity contribution in [1.82, 2.24) is 0 Å². The molecule has 18 heavy (non-hydrogen) atoms. The third-order valence-corrected chi connectivity index (χ3v) is 2.38. The lowest BCUT2D eigenvalue weighted by atomic mass is 9.97. The number of quaternary nitrogens is 1. The zero-order valence-corrected chi connectivity index (χ0v) is 11.3. The van der Waals surface area contributed by atoms with Gasteiger partial charge < -0.3 is 22.9 Å². The average Bonchev–Trinajstić information content (AvgIpc) is 2.35. The van der Waals surface area contributed by atoms with E-state index in [1.54, 1.807) is 24.3 Å². The van der Waals surface area contributed by atoms with Crippen molar-refractivity contribution in [2.75, 3.05) is 6.54 Å². The Hall–Kier alpha value is -1.39. The molecule has 0 saturated carbocycles. The van der Waals surface area contributed by atoms with E-state index in [1.807, 2.05) is 19.9 Å². The zero-order valence-electron chi connectivity index (χ0n) is 10.6. The van der Waals surface area contributed by atoms with E-state index in [4.69, 9.17) is 4.74 Å². The molecular weight excluding hydrogens is 254 g/mol. The first-order valence-corrected chi connectivity index (χ1v) is 5.64. The van der Waals surface area contributed by atoms with Crippen LogP contribution in [0.2, 0.25) is 0 Å². The van der Waals surface area contributed by atoms with E-state index >= 15 is 0 Å². The summed E-state index contributed by atoms with van der Waals surface area (Å²) in [6, 6.07) is 8.84. The second-order valence-corrected chi connectivity index (χ2v) is 4.13. The van der Waals surface area contributed by atoms with Crippen molar-refractivity contribution < 1.29 is 32.5 Å². The molecule has 0 aromatic heterocycles. The predicted octanol–water partition coefficient (Wildman–Crippen LogP) is -2.32. The molecule has 0 radical (unpaired) electrons. The van der Waals surface area contributed by atoms with Crippen LogP contribution < -0.4 is 18.1 Å². The van der Waals surface area contributed by atoms with E-state index in [1.165, 1.54) is 0 Å². The van der Waals surface area contributed by atoms with Gasteiger partial charge in [0.25, 0.3) is 0 Å². The van der Waals surface area contributed by atoms with Gasteiger partial charge in [0.15, 0.2) is 12.6 Å². The Labute approximate surface area is 113 Å².